The van der Waals surface area contributed by atoms with Crippen LogP contribution in [0.1, 0.15) is 96.6 Å². The summed E-state index contributed by atoms with van der Waals surface area (Å²) in [5.74, 6) is -6.64. The van der Waals surface area contributed by atoms with Crippen LogP contribution in [0.2, 0.25) is 0 Å². The molecule has 0 aromatic heterocycles. The molecule has 1 heterocycles. The minimum absolute atomic E-state index is 0.00902. The molecule has 1 amide bonds. The number of nitrogens with one attached hydrogen (secondary N) is 1. The average Bonchev–Trinajstić information content (AvgIpc) is 3.17. The second-order valence-corrected chi connectivity index (χ2v) is 17.7. The number of hydrogen-bond donors (Lipinski definition) is 4. The minimum Gasteiger partial charge on any atom is -0.456 e. The van der Waals surface area contributed by atoms with E-state index in [2.05, 4.69) is 5.32 Å². The van der Waals surface area contributed by atoms with E-state index in [1.807, 2.05) is 13.8 Å². The van der Waals surface area contributed by atoms with E-state index in [-0.39, 0.29) is 42.1 Å². The van der Waals surface area contributed by atoms with Gasteiger partial charge in [-0.25, -0.2) is 9.59 Å². The third-order valence-corrected chi connectivity index (χ3v) is 13.1. The van der Waals surface area contributed by atoms with E-state index >= 15 is 4.79 Å². The summed E-state index contributed by atoms with van der Waals surface area (Å²) in [6, 6.07) is 14.9. The van der Waals surface area contributed by atoms with E-state index < -0.39 is 113 Å². The molecule has 60 heavy (non-hydrogen) atoms. The van der Waals surface area contributed by atoms with Crippen molar-refractivity contribution in [3.05, 3.63) is 82.9 Å². The fourth-order valence-corrected chi connectivity index (χ4v) is 9.97. The van der Waals surface area contributed by atoms with Crippen LogP contribution >= 0.6 is 0 Å². The number of amides is 1. The van der Waals surface area contributed by atoms with Gasteiger partial charge in [-0.05, 0) is 48.6 Å². The van der Waals surface area contributed by atoms with E-state index in [0.717, 1.165) is 13.8 Å². The van der Waals surface area contributed by atoms with E-state index in [1.54, 1.807) is 62.4 Å². The maximum Gasteiger partial charge on any atom is 0.338 e. The van der Waals surface area contributed by atoms with Crippen LogP contribution in [-0.4, -0.2) is 105 Å². The van der Waals surface area contributed by atoms with Gasteiger partial charge in [-0.1, -0.05) is 76.2 Å². The number of hydrogen-bond acceptors (Lipinski definition) is 14. The zero-order chi connectivity index (χ0) is 44.1. The lowest BCUT2D eigenvalue weighted by Crippen LogP contribution is -2.82. The Hall–Kier alpha value is -4.96. The Kier molecular flexibility index (Phi) is 12.2. The highest BCUT2D eigenvalue weighted by Crippen LogP contribution is 2.64. The number of aliphatic hydroxyl groups is 3. The van der Waals surface area contributed by atoms with Crippen LogP contribution in [0.3, 0.4) is 0 Å². The van der Waals surface area contributed by atoms with Gasteiger partial charge in [0.05, 0.1) is 35.6 Å². The number of Topliss-reactive ketones (excluding diaryl/α,β-unsaturated/α-hetero) is 1. The molecule has 2 saturated carbocycles. The molecule has 11 atom stereocenters. The van der Waals surface area contributed by atoms with Gasteiger partial charge < -0.3 is 44.3 Å². The standard InChI is InChI=1S/C45H55NO14/c1-23(2)19-32(50)46-34(27-15-11-9-12-16-27)35(51)41(54)58-29-21-45(55)39(59-40(53)28-17-13-10-14-18-28)37-43(8,30(49)20-31-44(37,22-56-31)60-26(5)48)38(52)36(57-25(4)47)33(24(29)3)42(45,6)7/h9-18,23,29-31,34-37,39,49,51,55H,19-22H2,1-8H3,(H,46,50)/t29-,30-,31+,34-,35+,36+,37-,39-,43+,44?,45+/m0/s1. The molecule has 4 aliphatic rings. The molecule has 3 aliphatic carbocycles. The maximum atomic E-state index is 15.4. The number of esters is 4. The minimum atomic E-state index is -2.37. The summed E-state index contributed by atoms with van der Waals surface area (Å²) in [5.41, 5.74) is -7.15. The van der Waals surface area contributed by atoms with E-state index in [4.69, 9.17) is 23.7 Å². The summed E-state index contributed by atoms with van der Waals surface area (Å²) in [4.78, 5) is 82.8. The number of aliphatic hydroxyl groups excluding tert-OH is 2. The van der Waals surface area contributed by atoms with Crippen LogP contribution in [0.5, 0.6) is 0 Å². The number of rotatable bonds is 11. The van der Waals surface area contributed by atoms with Crippen molar-refractivity contribution in [3.63, 3.8) is 0 Å². The first-order chi connectivity index (χ1) is 28.1. The highest BCUT2D eigenvalue weighted by molar-refractivity contribution is 5.95. The van der Waals surface area contributed by atoms with Crippen LogP contribution in [0.15, 0.2) is 71.8 Å². The first-order valence-corrected chi connectivity index (χ1v) is 20.2. The SMILES string of the molecule is CC(=O)O[C@H]1C(=O)[C@@]2(C)[C@H]([C@H](OC(=O)c3ccccc3)[C@]3(O)C[C@H](OC(=O)[C@H](O)[C@@H](NC(=O)CC(C)C)c4ccccc4)C(C)=C1C3(C)C)C1(OC(C)=O)CO[C@@H]1C[C@@H]2O. The van der Waals surface area contributed by atoms with Gasteiger partial charge in [0.2, 0.25) is 5.91 Å². The molecule has 2 aromatic rings. The summed E-state index contributed by atoms with van der Waals surface area (Å²) in [6.45, 7) is 11.7. The summed E-state index contributed by atoms with van der Waals surface area (Å²) < 4.78 is 30.2. The average molecular weight is 834 g/mol. The van der Waals surface area contributed by atoms with Gasteiger partial charge in [-0.2, -0.15) is 0 Å². The van der Waals surface area contributed by atoms with Gasteiger partial charge >= 0.3 is 23.9 Å². The Morgan fingerprint density at radius 3 is 2.08 bits per heavy atom. The van der Waals surface area contributed by atoms with Crippen molar-refractivity contribution in [2.75, 3.05) is 6.61 Å². The number of benzene rings is 2. The van der Waals surface area contributed by atoms with Crippen LogP contribution in [-0.2, 0) is 47.7 Å². The van der Waals surface area contributed by atoms with Crippen LogP contribution in [0.25, 0.3) is 0 Å². The zero-order valence-electron chi connectivity index (χ0n) is 35.1. The monoisotopic (exact) mass is 833 g/mol. The molecule has 1 aliphatic heterocycles. The lowest BCUT2D eigenvalue weighted by atomic mass is 9.44. The van der Waals surface area contributed by atoms with Crippen molar-refractivity contribution < 1.29 is 67.8 Å². The van der Waals surface area contributed by atoms with E-state index in [9.17, 15) is 39.3 Å². The molecule has 1 unspecified atom stereocenters. The van der Waals surface area contributed by atoms with Gasteiger partial charge in [0, 0.05) is 38.5 Å². The maximum absolute atomic E-state index is 15.4. The number of fused-ring (bicyclic) bond motifs is 5. The Morgan fingerprint density at radius 2 is 1.53 bits per heavy atom. The number of ether oxygens (including phenoxy) is 5. The summed E-state index contributed by atoms with van der Waals surface area (Å²) >= 11 is 0. The predicted molar refractivity (Wildman–Crippen MR) is 211 cm³/mol. The van der Waals surface area contributed by atoms with Crippen LogP contribution in [0.4, 0.5) is 0 Å². The van der Waals surface area contributed by atoms with Gasteiger partial charge in [-0.3, -0.25) is 19.2 Å². The largest absolute Gasteiger partial charge is 0.456 e. The highest BCUT2D eigenvalue weighted by Gasteiger charge is 2.78. The molecular weight excluding hydrogens is 778 g/mol. The zero-order valence-corrected chi connectivity index (χ0v) is 35.1. The first-order valence-electron chi connectivity index (χ1n) is 20.2. The Morgan fingerprint density at radius 1 is 0.917 bits per heavy atom. The highest BCUT2D eigenvalue weighted by atomic mass is 16.6. The Balaban J connectivity index is 1.54. The third-order valence-electron chi connectivity index (χ3n) is 13.1. The van der Waals surface area contributed by atoms with Gasteiger partial charge in [0.25, 0.3) is 0 Å². The molecule has 1 saturated heterocycles. The molecule has 0 spiro atoms. The number of ketones is 1. The third kappa shape index (κ3) is 7.54. The van der Waals surface area contributed by atoms with E-state index in [0.29, 0.717) is 5.56 Å². The van der Waals surface area contributed by atoms with Crippen molar-refractivity contribution in [2.24, 2.45) is 22.7 Å². The molecule has 15 nitrogen and oxygen atoms in total. The Labute approximate surface area is 348 Å². The molecule has 0 radical (unpaired) electrons. The number of carbonyl (C=O) groups is 6. The fraction of sp³-hybridized carbons (Fsp3) is 0.556. The Bertz CT molecular complexity index is 2050. The van der Waals surface area contributed by atoms with Gasteiger partial charge in [0.1, 0.15) is 23.9 Å². The lowest BCUT2D eigenvalue weighted by Gasteiger charge is -2.67. The molecule has 2 aromatic carbocycles. The van der Waals surface area contributed by atoms with Crippen molar-refractivity contribution >= 4 is 35.6 Å². The van der Waals surface area contributed by atoms with Crippen molar-refractivity contribution in [3.8, 4) is 0 Å². The molecule has 2 bridgehead atoms. The summed E-state index contributed by atoms with van der Waals surface area (Å²) in [7, 11) is 0. The van der Waals surface area contributed by atoms with E-state index in [1.165, 1.54) is 26.0 Å². The lowest BCUT2D eigenvalue weighted by molar-refractivity contribution is -0.346. The first kappa shape index (κ1) is 44.6. The summed E-state index contributed by atoms with van der Waals surface area (Å²) in [6.07, 6.45) is -10.3. The number of carbonyl (C=O) groups excluding carboxylic acids is 6. The van der Waals surface area contributed by atoms with Crippen LogP contribution < -0.4 is 5.32 Å². The molecule has 4 N–H and O–H groups in total. The van der Waals surface area contributed by atoms with Crippen molar-refractivity contribution in [1.82, 2.24) is 5.32 Å². The quantitative estimate of drug-likeness (QED) is 0.145. The molecule has 3 fully saturated rings. The normalized spacial score (nSPS) is 32.7. The second kappa shape index (κ2) is 16.5. The van der Waals surface area contributed by atoms with Crippen LogP contribution in [0, 0.1) is 22.7 Å². The van der Waals surface area contributed by atoms with Crippen molar-refractivity contribution in [1.29, 1.82) is 0 Å². The summed E-state index contributed by atoms with van der Waals surface area (Å²) in [5, 5.41) is 40.1. The molecular formula is C45H55NO14. The predicted octanol–water partition coefficient (Wildman–Crippen LogP) is 3.47. The molecule has 324 valence electrons. The van der Waals surface area contributed by atoms with Gasteiger partial charge in [0.15, 0.2) is 23.6 Å². The smallest absolute Gasteiger partial charge is 0.338 e. The van der Waals surface area contributed by atoms with Gasteiger partial charge in [-0.15, -0.1) is 0 Å². The molecule has 6 rings (SSSR count). The fourth-order valence-electron chi connectivity index (χ4n) is 9.97. The topological polar surface area (TPSA) is 221 Å². The van der Waals surface area contributed by atoms with Crippen molar-refractivity contribution in [2.45, 2.75) is 129 Å². The molecule has 15 heteroatoms. The second-order valence-electron chi connectivity index (χ2n) is 17.7.